The number of ether oxygens (including phenoxy) is 2. The van der Waals surface area contributed by atoms with Crippen LogP contribution in [0.15, 0.2) is 72.8 Å². The lowest BCUT2D eigenvalue weighted by atomic mass is 10.1. The molecule has 0 saturated heterocycles. The molecule has 0 aliphatic heterocycles. The second-order valence-electron chi connectivity index (χ2n) is 7.18. The number of carbonyl (C=O) groups is 2. The van der Waals surface area contributed by atoms with Crippen LogP contribution in [0.3, 0.4) is 0 Å². The molecule has 3 rings (SSSR count). The topological polar surface area (TPSA) is 88.7 Å². The van der Waals surface area contributed by atoms with Crippen molar-refractivity contribution >= 4 is 29.2 Å². The zero-order chi connectivity index (χ0) is 23.6. The predicted molar refractivity (Wildman–Crippen MR) is 129 cm³/mol. The van der Waals surface area contributed by atoms with Crippen LogP contribution in [0.25, 0.3) is 0 Å². The summed E-state index contributed by atoms with van der Waals surface area (Å²) in [5.41, 5.74) is 2.18. The van der Waals surface area contributed by atoms with E-state index in [1.165, 1.54) is 0 Å². The van der Waals surface area contributed by atoms with E-state index in [2.05, 4.69) is 16.0 Å². The normalized spacial score (nSPS) is 11.2. The molecule has 0 saturated carbocycles. The van der Waals surface area contributed by atoms with Gasteiger partial charge in [0.1, 0.15) is 6.04 Å². The van der Waals surface area contributed by atoms with Gasteiger partial charge in [-0.3, -0.25) is 4.79 Å². The SMILES string of the molecule is COc1ccc(CCNC(=O)N[C@@H](C(=O)Nc2cccc(Cl)c2)c2ccccc2)cc1OC. The molecule has 0 bridgehead atoms. The van der Waals surface area contributed by atoms with Gasteiger partial charge in [-0.2, -0.15) is 0 Å². The Morgan fingerprint density at radius 3 is 2.36 bits per heavy atom. The Morgan fingerprint density at radius 2 is 1.67 bits per heavy atom. The monoisotopic (exact) mass is 467 g/mol. The highest BCUT2D eigenvalue weighted by atomic mass is 35.5. The number of halogens is 1. The van der Waals surface area contributed by atoms with E-state index < -0.39 is 12.1 Å². The van der Waals surface area contributed by atoms with E-state index in [0.29, 0.717) is 40.7 Å². The fourth-order valence-corrected chi connectivity index (χ4v) is 3.46. The molecule has 0 fully saturated rings. The van der Waals surface area contributed by atoms with Gasteiger partial charge in [0, 0.05) is 17.3 Å². The Morgan fingerprint density at radius 1 is 0.909 bits per heavy atom. The number of carbonyl (C=O) groups excluding carboxylic acids is 2. The van der Waals surface area contributed by atoms with Crippen molar-refractivity contribution in [3.8, 4) is 11.5 Å². The summed E-state index contributed by atoms with van der Waals surface area (Å²) < 4.78 is 10.6. The van der Waals surface area contributed by atoms with E-state index in [0.717, 1.165) is 5.56 Å². The van der Waals surface area contributed by atoms with Crippen molar-refractivity contribution < 1.29 is 19.1 Å². The van der Waals surface area contributed by atoms with Gasteiger partial charge in [0.2, 0.25) is 0 Å². The number of hydrogen-bond acceptors (Lipinski definition) is 4. The number of benzene rings is 3. The third-order valence-electron chi connectivity index (χ3n) is 4.91. The number of methoxy groups -OCH3 is 2. The predicted octanol–water partition coefficient (Wildman–Crippen LogP) is 4.58. The highest BCUT2D eigenvalue weighted by molar-refractivity contribution is 6.30. The molecular formula is C25H26ClN3O4. The summed E-state index contributed by atoms with van der Waals surface area (Å²) in [4.78, 5) is 25.5. The van der Waals surface area contributed by atoms with Gasteiger partial charge in [-0.05, 0) is 47.9 Å². The summed E-state index contributed by atoms with van der Waals surface area (Å²) in [6.45, 7) is 0.374. The van der Waals surface area contributed by atoms with Crippen LogP contribution >= 0.6 is 11.6 Å². The van der Waals surface area contributed by atoms with Crippen molar-refractivity contribution in [3.63, 3.8) is 0 Å². The van der Waals surface area contributed by atoms with Crippen LogP contribution in [-0.4, -0.2) is 32.7 Å². The van der Waals surface area contributed by atoms with Gasteiger partial charge in [-0.25, -0.2) is 4.79 Å². The van der Waals surface area contributed by atoms with Crippen LogP contribution in [0.1, 0.15) is 17.2 Å². The van der Waals surface area contributed by atoms with Crippen LogP contribution in [0, 0.1) is 0 Å². The fraction of sp³-hybridized carbons (Fsp3) is 0.200. The fourth-order valence-electron chi connectivity index (χ4n) is 3.27. The Bertz CT molecular complexity index is 1090. The largest absolute Gasteiger partial charge is 0.493 e. The van der Waals surface area contributed by atoms with Crippen LogP contribution < -0.4 is 25.4 Å². The molecule has 8 heteroatoms. The second-order valence-corrected chi connectivity index (χ2v) is 7.62. The van der Waals surface area contributed by atoms with Gasteiger partial charge in [0.25, 0.3) is 5.91 Å². The molecule has 3 aromatic rings. The Kier molecular flexibility index (Phi) is 8.55. The van der Waals surface area contributed by atoms with Crippen molar-refractivity contribution in [1.82, 2.24) is 10.6 Å². The maximum absolute atomic E-state index is 13.0. The molecule has 0 radical (unpaired) electrons. The zero-order valence-electron chi connectivity index (χ0n) is 18.4. The molecule has 0 aromatic heterocycles. The quantitative estimate of drug-likeness (QED) is 0.430. The van der Waals surface area contributed by atoms with Crippen molar-refractivity contribution in [1.29, 1.82) is 0 Å². The molecule has 7 nitrogen and oxygen atoms in total. The number of amides is 3. The number of anilines is 1. The summed E-state index contributed by atoms with van der Waals surface area (Å²) >= 11 is 6.01. The van der Waals surface area contributed by atoms with Crippen LogP contribution in [0.2, 0.25) is 5.02 Å². The summed E-state index contributed by atoms with van der Waals surface area (Å²) in [7, 11) is 3.15. The van der Waals surface area contributed by atoms with Crippen molar-refractivity contribution in [2.45, 2.75) is 12.5 Å². The smallest absolute Gasteiger partial charge is 0.315 e. The summed E-state index contributed by atoms with van der Waals surface area (Å²) in [5.74, 6) is 0.892. The van der Waals surface area contributed by atoms with E-state index in [1.807, 2.05) is 36.4 Å². The molecular weight excluding hydrogens is 442 g/mol. The van der Waals surface area contributed by atoms with E-state index in [9.17, 15) is 9.59 Å². The van der Waals surface area contributed by atoms with E-state index in [-0.39, 0.29) is 5.91 Å². The molecule has 0 aliphatic carbocycles. The maximum Gasteiger partial charge on any atom is 0.315 e. The van der Waals surface area contributed by atoms with Crippen LogP contribution in [0.4, 0.5) is 10.5 Å². The molecule has 0 heterocycles. The minimum Gasteiger partial charge on any atom is -0.493 e. The van der Waals surface area contributed by atoms with Crippen LogP contribution in [0.5, 0.6) is 11.5 Å². The number of urea groups is 1. The maximum atomic E-state index is 13.0. The average Bonchev–Trinajstić information content (AvgIpc) is 2.83. The third kappa shape index (κ3) is 6.89. The molecule has 1 atom stereocenters. The van der Waals surface area contributed by atoms with Crippen molar-refractivity contribution in [3.05, 3.63) is 88.9 Å². The molecule has 3 N–H and O–H groups in total. The molecule has 3 aromatic carbocycles. The van der Waals surface area contributed by atoms with Gasteiger partial charge >= 0.3 is 6.03 Å². The van der Waals surface area contributed by atoms with Crippen molar-refractivity contribution in [2.24, 2.45) is 0 Å². The lowest BCUT2D eigenvalue weighted by Gasteiger charge is -2.19. The Hall–Kier alpha value is -3.71. The highest BCUT2D eigenvalue weighted by Gasteiger charge is 2.23. The molecule has 33 heavy (non-hydrogen) atoms. The molecule has 172 valence electrons. The van der Waals surface area contributed by atoms with Gasteiger partial charge < -0.3 is 25.4 Å². The van der Waals surface area contributed by atoms with Gasteiger partial charge in [0.15, 0.2) is 11.5 Å². The first kappa shape index (κ1) is 23.9. The Labute approximate surface area is 198 Å². The first-order valence-corrected chi connectivity index (χ1v) is 10.7. The minimum absolute atomic E-state index is 0.374. The lowest BCUT2D eigenvalue weighted by Crippen LogP contribution is -2.43. The first-order chi connectivity index (χ1) is 16.0. The summed E-state index contributed by atoms with van der Waals surface area (Å²) in [6, 6.07) is 20.1. The van der Waals surface area contributed by atoms with E-state index in [4.69, 9.17) is 21.1 Å². The van der Waals surface area contributed by atoms with Gasteiger partial charge in [0.05, 0.1) is 14.2 Å². The zero-order valence-corrected chi connectivity index (χ0v) is 19.2. The van der Waals surface area contributed by atoms with E-state index in [1.54, 1.807) is 50.6 Å². The molecule has 0 aliphatic rings. The molecule has 3 amide bonds. The van der Waals surface area contributed by atoms with Gasteiger partial charge in [-0.15, -0.1) is 0 Å². The summed E-state index contributed by atoms with van der Waals surface area (Å²) in [6.07, 6.45) is 0.582. The number of nitrogens with one attached hydrogen (secondary N) is 3. The standard InChI is InChI=1S/C25H26ClN3O4/c1-32-21-12-11-17(15-22(21)33-2)13-14-27-25(31)29-23(18-7-4-3-5-8-18)24(30)28-20-10-6-9-19(26)16-20/h3-12,15-16,23H,13-14H2,1-2H3,(H,28,30)(H2,27,29,31)/t23-/m1/s1. The third-order valence-corrected chi connectivity index (χ3v) is 5.14. The van der Waals surface area contributed by atoms with Gasteiger partial charge in [-0.1, -0.05) is 54.1 Å². The average molecular weight is 468 g/mol. The first-order valence-electron chi connectivity index (χ1n) is 10.4. The van der Waals surface area contributed by atoms with E-state index >= 15 is 0 Å². The van der Waals surface area contributed by atoms with Crippen LogP contribution in [-0.2, 0) is 11.2 Å². The molecule has 0 unspecified atom stereocenters. The minimum atomic E-state index is -0.883. The lowest BCUT2D eigenvalue weighted by molar-refractivity contribution is -0.118. The highest BCUT2D eigenvalue weighted by Crippen LogP contribution is 2.27. The summed E-state index contributed by atoms with van der Waals surface area (Å²) in [5, 5.41) is 8.86. The number of rotatable bonds is 9. The second kappa shape index (κ2) is 11.8. The van der Waals surface area contributed by atoms with Crippen molar-refractivity contribution in [2.75, 3.05) is 26.1 Å². The molecule has 0 spiro atoms. The number of hydrogen-bond donors (Lipinski definition) is 3. The Balaban J connectivity index is 1.62.